The van der Waals surface area contributed by atoms with Crippen LogP contribution in [-0.4, -0.2) is 24.3 Å². The van der Waals surface area contributed by atoms with Crippen molar-refractivity contribution in [2.24, 2.45) is 5.92 Å². The molecule has 6 nitrogen and oxygen atoms in total. The van der Waals surface area contributed by atoms with Gasteiger partial charge in [0.05, 0.1) is 19.9 Å². The van der Waals surface area contributed by atoms with Gasteiger partial charge in [0, 0.05) is 11.5 Å². The van der Waals surface area contributed by atoms with Crippen molar-refractivity contribution >= 4 is 5.82 Å². The van der Waals surface area contributed by atoms with E-state index in [1.165, 1.54) is 39.9 Å². The Kier molecular flexibility index (Phi) is 4.76. The van der Waals surface area contributed by atoms with Gasteiger partial charge in [0.1, 0.15) is 17.5 Å². The van der Waals surface area contributed by atoms with E-state index in [2.05, 4.69) is 11.1 Å². The monoisotopic (exact) mass is 379 g/mol. The van der Waals surface area contributed by atoms with Crippen molar-refractivity contribution in [1.82, 2.24) is 4.98 Å². The van der Waals surface area contributed by atoms with Crippen molar-refractivity contribution in [2.75, 3.05) is 20.0 Å². The van der Waals surface area contributed by atoms with E-state index in [9.17, 15) is 10.4 Å². The maximum absolute atomic E-state index is 10.3. The van der Waals surface area contributed by atoms with Crippen LogP contribution < -0.4 is 15.2 Å². The van der Waals surface area contributed by atoms with Gasteiger partial charge in [0.2, 0.25) is 5.75 Å². The molecule has 3 N–H and O–H groups in total. The first-order valence-corrected chi connectivity index (χ1v) is 9.76. The number of pyridine rings is 1. The number of nitrogens with zero attached hydrogens (tertiary/aromatic N) is 2. The molecular weight excluding hydrogens is 354 g/mol. The number of nitrogens with two attached hydrogens (primary N) is 1. The molecule has 1 aromatic heterocycles. The first-order valence-electron chi connectivity index (χ1n) is 9.76. The third-order valence-electron chi connectivity index (χ3n) is 6.26. The zero-order chi connectivity index (χ0) is 19.8. The highest BCUT2D eigenvalue weighted by molar-refractivity contribution is 5.82. The second-order valence-electron chi connectivity index (χ2n) is 7.64. The molecule has 0 bridgehead atoms. The Bertz CT molecular complexity index is 933. The van der Waals surface area contributed by atoms with Gasteiger partial charge in [-0.1, -0.05) is 12.8 Å². The van der Waals surface area contributed by atoms with Gasteiger partial charge < -0.3 is 20.3 Å². The van der Waals surface area contributed by atoms with Crippen LogP contribution >= 0.6 is 0 Å². The lowest BCUT2D eigenvalue weighted by molar-refractivity contribution is 0.340. The zero-order valence-corrected chi connectivity index (χ0v) is 16.3. The van der Waals surface area contributed by atoms with Crippen LogP contribution in [0.5, 0.6) is 17.2 Å². The molecule has 2 aliphatic carbocycles. The van der Waals surface area contributed by atoms with E-state index in [-0.39, 0.29) is 11.6 Å². The van der Waals surface area contributed by atoms with E-state index in [0.29, 0.717) is 28.9 Å². The van der Waals surface area contributed by atoms with Crippen molar-refractivity contribution in [1.29, 1.82) is 5.26 Å². The van der Waals surface area contributed by atoms with Crippen molar-refractivity contribution < 1.29 is 14.6 Å². The Labute approximate surface area is 164 Å². The number of aromatic nitrogens is 1. The number of rotatable bonds is 4. The molecule has 1 aromatic carbocycles. The number of fused-ring (bicyclic) bond motifs is 1. The van der Waals surface area contributed by atoms with E-state index in [4.69, 9.17) is 15.2 Å². The summed E-state index contributed by atoms with van der Waals surface area (Å²) in [5, 5.41) is 20.1. The van der Waals surface area contributed by atoms with E-state index in [1.54, 1.807) is 12.1 Å². The number of hydrogen-bond donors (Lipinski definition) is 2. The van der Waals surface area contributed by atoms with Crippen LogP contribution in [0.3, 0.4) is 0 Å². The maximum atomic E-state index is 10.3. The van der Waals surface area contributed by atoms with Crippen molar-refractivity contribution in [3.05, 3.63) is 29.0 Å². The summed E-state index contributed by atoms with van der Waals surface area (Å²) in [6.07, 6.45) is 6.95. The van der Waals surface area contributed by atoms with Gasteiger partial charge >= 0.3 is 0 Å². The molecule has 0 spiro atoms. The fraction of sp³-hybridized carbons (Fsp3) is 0.455. The van der Waals surface area contributed by atoms with Gasteiger partial charge in [-0.25, -0.2) is 4.98 Å². The highest BCUT2D eigenvalue weighted by atomic mass is 16.5. The lowest BCUT2D eigenvalue weighted by Crippen LogP contribution is -2.10. The smallest absolute Gasteiger partial charge is 0.200 e. The Balaban J connectivity index is 1.93. The lowest BCUT2D eigenvalue weighted by Gasteiger charge is -2.20. The minimum atomic E-state index is -0.0604. The van der Waals surface area contributed by atoms with Crippen molar-refractivity contribution in [2.45, 2.75) is 44.4 Å². The minimum absolute atomic E-state index is 0.0604. The standard InChI is InChI=1S/C22H25N3O3/c1-27-17-9-13(10-18(28-2)21(17)26)19-15-8-7-14(12-5-3-4-6-12)20(15)25-22(24)16(19)11-23/h9-10,12,14,26H,3-8H2,1-2H3,(H2,24,25). The second kappa shape index (κ2) is 7.23. The number of hydrogen-bond acceptors (Lipinski definition) is 6. The van der Waals surface area contributed by atoms with Gasteiger partial charge in [0.25, 0.3) is 0 Å². The molecule has 1 atom stereocenters. The summed E-state index contributed by atoms with van der Waals surface area (Å²) in [4.78, 5) is 4.68. The number of nitriles is 1. The van der Waals surface area contributed by atoms with Crippen LogP contribution in [0.2, 0.25) is 0 Å². The summed E-state index contributed by atoms with van der Waals surface area (Å²) in [7, 11) is 2.98. The summed E-state index contributed by atoms with van der Waals surface area (Å²) < 4.78 is 10.6. The normalized spacial score (nSPS) is 18.7. The van der Waals surface area contributed by atoms with Crippen LogP contribution in [0.25, 0.3) is 11.1 Å². The Morgan fingerprint density at radius 3 is 2.36 bits per heavy atom. The molecule has 0 saturated heterocycles. The number of phenolic OH excluding ortho intramolecular Hbond substituents is 1. The molecule has 1 unspecified atom stereocenters. The van der Waals surface area contributed by atoms with Crippen molar-refractivity contribution in [3.63, 3.8) is 0 Å². The molecule has 28 heavy (non-hydrogen) atoms. The number of anilines is 1. The number of phenols is 1. The van der Waals surface area contributed by atoms with E-state index in [0.717, 1.165) is 35.2 Å². The SMILES string of the molecule is COc1cc(-c2c(C#N)c(N)nc3c2CCC3C2CCCC2)cc(OC)c1O. The van der Waals surface area contributed by atoms with Crippen LogP contribution in [0.15, 0.2) is 12.1 Å². The highest BCUT2D eigenvalue weighted by Gasteiger charge is 2.36. The average Bonchev–Trinajstić information content (AvgIpc) is 3.36. The number of methoxy groups -OCH3 is 2. The van der Waals surface area contributed by atoms with Gasteiger partial charge in [0.15, 0.2) is 11.5 Å². The van der Waals surface area contributed by atoms with Crippen LogP contribution in [0, 0.1) is 17.2 Å². The molecule has 4 rings (SSSR count). The molecule has 146 valence electrons. The number of aromatic hydroxyl groups is 1. The second-order valence-corrected chi connectivity index (χ2v) is 7.64. The molecule has 1 fully saturated rings. The molecule has 0 amide bonds. The quantitative estimate of drug-likeness (QED) is 0.828. The Hall–Kier alpha value is -2.94. The van der Waals surface area contributed by atoms with E-state index in [1.807, 2.05) is 0 Å². The zero-order valence-electron chi connectivity index (χ0n) is 16.3. The van der Waals surface area contributed by atoms with Gasteiger partial charge in [-0.3, -0.25) is 0 Å². The predicted molar refractivity (Wildman–Crippen MR) is 107 cm³/mol. The van der Waals surface area contributed by atoms with Crippen LogP contribution in [-0.2, 0) is 6.42 Å². The molecular formula is C22H25N3O3. The van der Waals surface area contributed by atoms with Crippen molar-refractivity contribution in [3.8, 4) is 34.4 Å². The van der Waals surface area contributed by atoms with Crippen LogP contribution in [0.4, 0.5) is 5.82 Å². The fourth-order valence-corrected chi connectivity index (χ4v) is 4.94. The predicted octanol–water partition coefficient (Wildman–Crippen LogP) is 4.15. The van der Waals surface area contributed by atoms with E-state index < -0.39 is 0 Å². The number of benzene rings is 1. The van der Waals surface area contributed by atoms with Gasteiger partial charge in [-0.15, -0.1) is 0 Å². The molecule has 0 aliphatic heterocycles. The third-order valence-corrected chi connectivity index (χ3v) is 6.26. The Morgan fingerprint density at radius 1 is 1.14 bits per heavy atom. The van der Waals surface area contributed by atoms with Crippen LogP contribution in [0.1, 0.15) is 54.8 Å². The van der Waals surface area contributed by atoms with Gasteiger partial charge in [-0.2, -0.15) is 5.26 Å². The number of ether oxygens (including phenoxy) is 2. The Morgan fingerprint density at radius 2 is 1.79 bits per heavy atom. The molecule has 1 heterocycles. The summed E-state index contributed by atoms with van der Waals surface area (Å²) in [6, 6.07) is 5.70. The lowest BCUT2D eigenvalue weighted by atomic mass is 9.87. The topological polar surface area (TPSA) is 101 Å². The van der Waals surface area contributed by atoms with E-state index >= 15 is 0 Å². The number of nitrogen functional groups attached to an aromatic ring is 1. The first kappa shape index (κ1) is 18.4. The molecule has 2 aliphatic rings. The van der Waals surface area contributed by atoms with Gasteiger partial charge in [-0.05, 0) is 54.9 Å². The maximum Gasteiger partial charge on any atom is 0.200 e. The average molecular weight is 379 g/mol. The highest BCUT2D eigenvalue weighted by Crippen LogP contribution is 2.49. The fourth-order valence-electron chi connectivity index (χ4n) is 4.94. The molecule has 2 aromatic rings. The summed E-state index contributed by atoms with van der Waals surface area (Å²) in [6.45, 7) is 0. The third kappa shape index (κ3) is 2.82. The summed E-state index contributed by atoms with van der Waals surface area (Å²) in [5.74, 6) is 1.87. The first-order chi connectivity index (χ1) is 13.6. The minimum Gasteiger partial charge on any atom is -0.502 e. The summed E-state index contributed by atoms with van der Waals surface area (Å²) >= 11 is 0. The largest absolute Gasteiger partial charge is 0.502 e. The molecule has 6 heteroatoms. The summed E-state index contributed by atoms with van der Waals surface area (Å²) in [5.41, 5.74) is 10.3. The molecule has 1 saturated carbocycles. The molecule has 0 radical (unpaired) electrons.